The third kappa shape index (κ3) is 5.88. The Bertz CT molecular complexity index is 1220. The molecule has 0 aliphatic heterocycles. The molecule has 2 aromatic heterocycles. The molecule has 4 rings (SSSR count). The van der Waals surface area contributed by atoms with Gasteiger partial charge in [-0.3, -0.25) is 0 Å². The lowest BCUT2D eigenvalue weighted by atomic mass is 9.84. The number of nitrogens with one attached hydrogen (secondary N) is 2. The van der Waals surface area contributed by atoms with Crippen LogP contribution in [0.3, 0.4) is 0 Å². The van der Waals surface area contributed by atoms with E-state index in [0.29, 0.717) is 23.3 Å². The zero-order valence-corrected chi connectivity index (χ0v) is 20.2. The number of nitroso groups, excluding NO2 is 1. The van der Waals surface area contributed by atoms with Gasteiger partial charge in [0.05, 0.1) is 11.6 Å². The second-order valence-corrected chi connectivity index (χ2v) is 10.1. The summed E-state index contributed by atoms with van der Waals surface area (Å²) in [7, 11) is 0. The number of nitrogens with zero attached hydrogens (tertiary/aromatic N) is 4. The van der Waals surface area contributed by atoms with Crippen molar-refractivity contribution in [2.24, 2.45) is 5.18 Å². The summed E-state index contributed by atoms with van der Waals surface area (Å²) in [6.07, 6.45) is -1.12. The summed E-state index contributed by atoms with van der Waals surface area (Å²) >= 11 is 0. The molecule has 0 saturated heterocycles. The summed E-state index contributed by atoms with van der Waals surface area (Å²) in [5.74, 6) is 0.234. The van der Waals surface area contributed by atoms with Crippen LogP contribution in [0.25, 0.3) is 22.5 Å². The molecule has 2 N–H and O–H groups in total. The fourth-order valence-electron chi connectivity index (χ4n) is 4.43. The molecule has 0 radical (unpaired) electrons. The van der Waals surface area contributed by atoms with Gasteiger partial charge in [0.2, 0.25) is 0 Å². The maximum Gasteiger partial charge on any atom is 0.405 e. The van der Waals surface area contributed by atoms with Crippen molar-refractivity contribution in [1.29, 1.82) is 0 Å². The molecule has 2 heterocycles. The second-order valence-electron chi connectivity index (χ2n) is 10.1. The fraction of sp³-hybridized carbons (Fsp3) is 0.542. The highest BCUT2D eigenvalue weighted by Crippen LogP contribution is 2.36. The number of benzene rings is 1. The molecular formula is C24H29F3N6O2. The van der Waals surface area contributed by atoms with Crippen LogP contribution in [-0.4, -0.2) is 40.0 Å². The van der Waals surface area contributed by atoms with Crippen molar-refractivity contribution in [3.8, 4) is 11.6 Å². The lowest BCUT2D eigenvalue weighted by molar-refractivity contribution is -0.115. The van der Waals surface area contributed by atoms with Crippen LogP contribution in [0.5, 0.6) is 0 Å². The second kappa shape index (κ2) is 9.43. The quantitative estimate of drug-likeness (QED) is 0.388. The van der Waals surface area contributed by atoms with Crippen LogP contribution in [0.4, 0.5) is 24.9 Å². The molecule has 35 heavy (non-hydrogen) atoms. The summed E-state index contributed by atoms with van der Waals surface area (Å²) < 4.78 is 44.2. The number of rotatable bonds is 6. The van der Waals surface area contributed by atoms with Crippen molar-refractivity contribution in [2.45, 2.75) is 77.1 Å². The highest BCUT2D eigenvalue weighted by molar-refractivity contribution is 5.90. The average molecular weight is 491 g/mol. The standard InChI is InChI=1S/C24H29F3N6O2/c1-13-8-19(21-31-32-22(35-21)29-14-6-5-7-15(9-14)33-34)30-20-17(13)10-16(28-12-24(25,26)27)11-18(20)23(2,3)4/h8,10-11,14-15,28H,5-7,9,12H2,1-4H3,(H,29,32). The van der Waals surface area contributed by atoms with Crippen molar-refractivity contribution < 1.29 is 17.6 Å². The molecule has 0 amide bonds. The van der Waals surface area contributed by atoms with E-state index in [4.69, 9.17) is 9.40 Å². The number of alkyl halides is 3. The molecule has 0 bridgehead atoms. The van der Waals surface area contributed by atoms with E-state index in [0.717, 1.165) is 35.8 Å². The Morgan fingerprint density at radius 2 is 1.91 bits per heavy atom. The van der Waals surface area contributed by atoms with E-state index in [2.05, 4.69) is 26.0 Å². The predicted molar refractivity (Wildman–Crippen MR) is 128 cm³/mol. The van der Waals surface area contributed by atoms with E-state index >= 15 is 0 Å². The van der Waals surface area contributed by atoms with Crippen LogP contribution < -0.4 is 10.6 Å². The minimum atomic E-state index is -4.32. The van der Waals surface area contributed by atoms with E-state index in [9.17, 15) is 18.1 Å². The van der Waals surface area contributed by atoms with E-state index in [1.807, 2.05) is 27.7 Å². The minimum absolute atomic E-state index is 0.0289. The van der Waals surface area contributed by atoms with Crippen LogP contribution in [-0.2, 0) is 5.41 Å². The van der Waals surface area contributed by atoms with Crippen LogP contribution in [0.15, 0.2) is 27.8 Å². The lowest BCUT2D eigenvalue weighted by Gasteiger charge is -2.24. The highest BCUT2D eigenvalue weighted by atomic mass is 19.4. The van der Waals surface area contributed by atoms with Crippen molar-refractivity contribution in [2.75, 3.05) is 17.2 Å². The number of hydrogen-bond donors (Lipinski definition) is 2. The van der Waals surface area contributed by atoms with Crippen LogP contribution in [0, 0.1) is 11.8 Å². The molecule has 1 aliphatic rings. The fourth-order valence-corrected chi connectivity index (χ4v) is 4.43. The first kappa shape index (κ1) is 24.9. The highest BCUT2D eigenvalue weighted by Gasteiger charge is 2.28. The zero-order chi connectivity index (χ0) is 25.4. The van der Waals surface area contributed by atoms with Gasteiger partial charge in [-0.2, -0.15) is 18.1 Å². The third-order valence-corrected chi connectivity index (χ3v) is 6.19. The number of pyridine rings is 1. The Morgan fingerprint density at radius 1 is 1.14 bits per heavy atom. The molecule has 1 aromatic carbocycles. The molecule has 8 nitrogen and oxygen atoms in total. The molecule has 188 valence electrons. The number of aryl methyl sites for hydroxylation is 1. The summed E-state index contributed by atoms with van der Waals surface area (Å²) in [6.45, 7) is 6.71. The molecule has 1 saturated carbocycles. The van der Waals surface area contributed by atoms with Crippen LogP contribution in [0.2, 0.25) is 0 Å². The molecular weight excluding hydrogens is 461 g/mol. The Kier molecular flexibility index (Phi) is 6.70. The minimum Gasteiger partial charge on any atom is -0.402 e. The average Bonchev–Trinajstić information content (AvgIpc) is 3.25. The van der Waals surface area contributed by atoms with Gasteiger partial charge in [-0.25, -0.2) is 4.98 Å². The predicted octanol–water partition coefficient (Wildman–Crippen LogP) is 6.35. The summed E-state index contributed by atoms with van der Waals surface area (Å²) in [5, 5.41) is 17.8. The van der Waals surface area contributed by atoms with Gasteiger partial charge < -0.3 is 15.1 Å². The van der Waals surface area contributed by atoms with Crippen LogP contribution >= 0.6 is 0 Å². The van der Waals surface area contributed by atoms with Crippen molar-refractivity contribution in [3.63, 3.8) is 0 Å². The van der Waals surface area contributed by atoms with E-state index in [1.54, 1.807) is 18.2 Å². The molecule has 2 unspecified atom stereocenters. The number of anilines is 2. The van der Waals surface area contributed by atoms with Gasteiger partial charge in [-0.05, 0) is 67.3 Å². The van der Waals surface area contributed by atoms with Crippen molar-refractivity contribution in [1.82, 2.24) is 15.2 Å². The zero-order valence-electron chi connectivity index (χ0n) is 20.2. The van der Waals surface area contributed by atoms with Gasteiger partial charge in [-0.15, -0.1) is 5.10 Å². The van der Waals surface area contributed by atoms with E-state index in [1.165, 1.54) is 0 Å². The molecule has 11 heteroatoms. The molecule has 1 fully saturated rings. The summed E-state index contributed by atoms with van der Waals surface area (Å²) in [6, 6.07) is 5.25. The number of fused-ring (bicyclic) bond motifs is 1. The Hall–Kier alpha value is -3.24. The Labute approximate surface area is 201 Å². The largest absolute Gasteiger partial charge is 0.405 e. The molecule has 1 aliphatic carbocycles. The number of aromatic nitrogens is 3. The molecule has 3 aromatic rings. The van der Waals surface area contributed by atoms with Gasteiger partial charge in [0.15, 0.2) is 0 Å². The number of halogens is 3. The summed E-state index contributed by atoms with van der Waals surface area (Å²) in [5.41, 5.74) is 2.79. The van der Waals surface area contributed by atoms with Crippen LogP contribution in [0.1, 0.15) is 57.6 Å². The monoisotopic (exact) mass is 490 g/mol. The Balaban J connectivity index is 1.66. The first-order valence-corrected chi connectivity index (χ1v) is 11.6. The van der Waals surface area contributed by atoms with Crippen molar-refractivity contribution >= 4 is 22.6 Å². The summed E-state index contributed by atoms with van der Waals surface area (Å²) in [4.78, 5) is 15.7. The van der Waals surface area contributed by atoms with Gasteiger partial charge in [-0.1, -0.05) is 31.0 Å². The topological polar surface area (TPSA) is 105 Å². The van der Waals surface area contributed by atoms with Crippen molar-refractivity contribution in [3.05, 3.63) is 34.2 Å². The van der Waals surface area contributed by atoms with E-state index in [-0.39, 0.29) is 29.4 Å². The smallest absolute Gasteiger partial charge is 0.402 e. The molecule has 2 atom stereocenters. The van der Waals surface area contributed by atoms with Gasteiger partial charge in [0.25, 0.3) is 5.89 Å². The first-order valence-electron chi connectivity index (χ1n) is 11.6. The van der Waals surface area contributed by atoms with Gasteiger partial charge in [0.1, 0.15) is 12.2 Å². The van der Waals surface area contributed by atoms with Gasteiger partial charge >= 0.3 is 12.2 Å². The number of hydrogen-bond acceptors (Lipinski definition) is 8. The SMILES string of the molecule is Cc1cc(-c2nnc(NC3CCCC(N=O)C3)o2)nc2c(C(C)(C)C)cc(NCC(F)(F)F)cc12. The normalized spacial score (nSPS) is 19.1. The maximum atomic E-state index is 12.8. The van der Waals surface area contributed by atoms with Gasteiger partial charge in [0, 0.05) is 17.1 Å². The first-order chi connectivity index (χ1) is 16.4. The van der Waals surface area contributed by atoms with E-state index < -0.39 is 12.7 Å². The third-order valence-electron chi connectivity index (χ3n) is 6.19. The Morgan fingerprint density at radius 3 is 2.60 bits per heavy atom. The maximum absolute atomic E-state index is 12.8. The lowest BCUT2D eigenvalue weighted by Crippen LogP contribution is -2.29. The molecule has 0 spiro atoms.